The van der Waals surface area contributed by atoms with Crippen LogP contribution < -0.4 is 20.3 Å². The van der Waals surface area contributed by atoms with E-state index in [2.05, 4.69) is 27.5 Å². The number of pyridine rings is 1. The van der Waals surface area contributed by atoms with Crippen LogP contribution in [0.25, 0.3) is 21.9 Å². The number of hydrogen-bond acceptors (Lipinski definition) is 10. The van der Waals surface area contributed by atoms with Crippen LogP contribution in [-0.4, -0.2) is 62.3 Å². The Kier molecular flexibility index (Phi) is 14.1. The van der Waals surface area contributed by atoms with Crippen molar-refractivity contribution in [2.24, 2.45) is 0 Å². The Morgan fingerprint density at radius 1 is 0.825 bits per heavy atom. The minimum Gasteiger partial charge on any atom is -0.444 e. The van der Waals surface area contributed by atoms with Gasteiger partial charge in [0.05, 0.1) is 35.4 Å². The highest BCUT2D eigenvalue weighted by molar-refractivity contribution is 6.09. The first-order valence-corrected chi connectivity index (χ1v) is 21.0. The number of esters is 1. The summed E-state index contributed by atoms with van der Waals surface area (Å²) in [6.45, 7) is 6.76. The summed E-state index contributed by atoms with van der Waals surface area (Å²) in [5.41, 5.74) is 4.74. The summed E-state index contributed by atoms with van der Waals surface area (Å²) in [5, 5.41) is 17.1. The summed E-state index contributed by atoms with van der Waals surface area (Å²) in [6.07, 6.45) is 0.636. The molecule has 0 saturated carbocycles. The second-order valence-corrected chi connectivity index (χ2v) is 15.8. The number of ether oxygens (including phenoxy) is 3. The SMILES string of the molecule is CCOCc1nc2c(NC(=O)OCc3ccc(OC(=O)CCCCC(=O)NCCC(=O)N4Cc5ccccc5C#Cc5ccccc54)cc3)nc3ccccc3c2n1CC(C)(C)O. The lowest BCUT2D eigenvalue weighted by molar-refractivity contribution is -0.134. The van der Waals surface area contributed by atoms with E-state index in [0.717, 1.165) is 27.8 Å². The first kappa shape index (κ1) is 44.0. The zero-order valence-corrected chi connectivity index (χ0v) is 35.6. The number of amides is 3. The second kappa shape index (κ2) is 20.2. The van der Waals surface area contributed by atoms with Gasteiger partial charge in [-0.3, -0.25) is 19.7 Å². The smallest absolute Gasteiger partial charge is 0.413 e. The number of rotatable bonds is 17. The molecule has 4 aromatic carbocycles. The van der Waals surface area contributed by atoms with Gasteiger partial charge < -0.3 is 34.1 Å². The Morgan fingerprint density at radius 3 is 2.33 bits per heavy atom. The summed E-state index contributed by atoms with van der Waals surface area (Å²) in [7, 11) is 0. The highest BCUT2D eigenvalue weighted by Gasteiger charge is 2.25. The highest BCUT2D eigenvalue weighted by Crippen LogP contribution is 2.32. The zero-order valence-electron chi connectivity index (χ0n) is 35.6. The van der Waals surface area contributed by atoms with Gasteiger partial charge in [0, 0.05) is 48.9 Å². The number of carbonyl (C=O) groups is 4. The molecule has 324 valence electrons. The first-order chi connectivity index (χ1) is 30.5. The molecule has 6 aromatic rings. The van der Waals surface area contributed by atoms with Crippen LogP contribution in [0.4, 0.5) is 16.3 Å². The predicted octanol–water partition coefficient (Wildman–Crippen LogP) is 7.56. The molecule has 2 aromatic heterocycles. The Bertz CT molecular complexity index is 2690. The number of benzene rings is 4. The fourth-order valence-electron chi connectivity index (χ4n) is 7.24. The quantitative estimate of drug-likeness (QED) is 0.0360. The molecular weight excluding hydrogens is 801 g/mol. The van der Waals surface area contributed by atoms with Crippen molar-refractivity contribution in [1.82, 2.24) is 19.9 Å². The van der Waals surface area contributed by atoms with Crippen molar-refractivity contribution in [3.63, 3.8) is 0 Å². The van der Waals surface area contributed by atoms with Gasteiger partial charge in [0.2, 0.25) is 11.8 Å². The van der Waals surface area contributed by atoms with Gasteiger partial charge in [0.15, 0.2) is 5.82 Å². The number of unbranched alkanes of at least 4 members (excludes halogenated alkanes) is 1. The molecule has 0 unspecified atom stereocenters. The first-order valence-electron chi connectivity index (χ1n) is 21.0. The highest BCUT2D eigenvalue weighted by atomic mass is 16.5. The molecule has 63 heavy (non-hydrogen) atoms. The van der Waals surface area contributed by atoms with E-state index in [1.54, 1.807) is 43.0 Å². The van der Waals surface area contributed by atoms with Gasteiger partial charge in [0.1, 0.15) is 30.3 Å². The van der Waals surface area contributed by atoms with Crippen molar-refractivity contribution in [3.8, 4) is 17.6 Å². The molecule has 14 nitrogen and oxygen atoms in total. The van der Waals surface area contributed by atoms with Gasteiger partial charge in [-0.25, -0.2) is 14.8 Å². The number of carbonyl (C=O) groups excluding carboxylic acids is 4. The van der Waals surface area contributed by atoms with Crippen molar-refractivity contribution in [2.75, 3.05) is 23.4 Å². The largest absolute Gasteiger partial charge is 0.444 e. The maximum atomic E-state index is 13.4. The number of imidazole rings is 1. The number of aromatic nitrogens is 3. The summed E-state index contributed by atoms with van der Waals surface area (Å²) in [6, 6.07) is 29.4. The van der Waals surface area contributed by atoms with Crippen LogP contribution in [0, 0.1) is 11.8 Å². The molecule has 0 atom stereocenters. The van der Waals surface area contributed by atoms with Crippen molar-refractivity contribution in [1.29, 1.82) is 0 Å². The molecule has 7 rings (SSSR count). The molecule has 3 amide bonds. The summed E-state index contributed by atoms with van der Waals surface area (Å²) in [4.78, 5) is 62.8. The third-order valence-electron chi connectivity index (χ3n) is 10.3. The predicted molar refractivity (Wildman–Crippen MR) is 239 cm³/mol. The normalized spacial score (nSPS) is 12.0. The van der Waals surface area contributed by atoms with Crippen LogP contribution in [0.2, 0.25) is 0 Å². The lowest BCUT2D eigenvalue weighted by Gasteiger charge is -2.26. The Morgan fingerprint density at radius 2 is 1.54 bits per heavy atom. The van der Waals surface area contributed by atoms with E-state index in [1.165, 1.54) is 0 Å². The minimum atomic E-state index is -1.06. The molecule has 0 radical (unpaired) electrons. The minimum absolute atomic E-state index is 0.0638. The Balaban J connectivity index is 0.842. The van der Waals surface area contributed by atoms with Crippen molar-refractivity contribution in [2.45, 2.75) is 84.8 Å². The second-order valence-electron chi connectivity index (χ2n) is 15.8. The number of para-hydroxylation sites is 2. The fourth-order valence-corrected chi connectivity index (χ4v) is 7.24. The van der Waals surface area contributed by atoms with Crippen LogP contribution >= 0.6 is 0 Å². The third kappa shape index (κ3) is 11.4. The standard InChI is InChI=1S/C49H50N6O8/c1-4-61-31-41-52-45-46(55(41)32-49(2,3)60)38-16-8-9-17-39(38)51-47(45)53-48(59)62-30-33-21-25-37(26-22-33)63-44(58)20-12-11-19-42(56)50-28-27-43(57)54-29-36-15-6-5-13-34(36)23-24-35-14-7-10-18-40(35)54/h5-10,13-18,21-22,25-26,60H,4,11-12,19-20,27-32H2,1-3H3,(H,50,56)(H,51,53,59). The van der Waals surface area contributed by atoms with Crippen molar-refractivity contribution >= 4 is 57.3 Å². The lowest BCUT2D eigenvalue weighted by Crippen LogP contribution is -2.35. The number of hydrogen-bond donors (Lipinski definition) is 3. The molecule has 0 bridgehead atoms. The molecular formula is C49H50N6O8. The molecule has 0 fully saturated rings. The maximum absolute atomic E-state index is 13.4. The number of fused-ring (bicyclic) bond motifs is 5. The Hall–Kier alpha value is -7.08. The molecule has 0 spiro atoms. The van der Waals surface area contributed by atoms with E-state index >= 15 is 0 Å². The zero-order chi connectivity index (χ0) is 44.3. The maximum Gasteiger partial charge on any atom is 0.413 e. The average molecular weight is 851 g/mol. The lowest BCUT2D eigenvalue weighted by atomic mass is 10.0. The molecule has 1 aliphatic heterocycles. The van der Waals surface area contributed by atoms with E-state index in [0.29, 0.717) is 59.7 Å². The van der Waals surface area contributed by atoms with Crippen LogP contribution in [0.15, 0.2) is 97.1 Å². The number of nitrogens with one attached hydrogen (secondary N) is 2. The van der Waals surface area contributed by atoms with Crippen LogP contribution in [0.5, 0.6) is 5.75 Å². The Labute approximate surface area is 365 Å². The van der Waals surface area contributed by atoms with Gasteiger partial charge in [0.25, 0.3) is 0 Å². The van der Waals surface area contributed by atoms with Crippen LogP contribution in [0.1, 0.15) is 81.0 Å². The molecule has 0 saturated heterocycles. The van der Waals surface area contributed by atoms with E-state index in [4.69, 9.17) is 19.2 Å². The summed E-state index contributed by atoms with van der Waals surface area (Å²) >= 11 is 0. The molecule has 14 heteroatoms. The summed E-state index contributed by atoms with van der Waals surface area (Å²) < 4.78 is 18.6. The molecule has 3 heterocycles. The van der Waals surface area contributed by atoms with E-state index in [-0.39, 0.29) is 63.2 Å². The van der Waals surface area contributed by atoms with Gasteiger partial charge >= 0.3 is 12.1 Å². The monoisotopic (exact) mass is 850 g/mol. The molecule has 3 N–H and O–H groups in total. The number of anilines is 2. The van der Waals surface area contributed by atoms with Crippen molar-refractivity contribution in [3.05, 3.63) is 125 Å². The van der Waals surface area contributed by atoms with E-state index in [9.17, 15) is 24.3 Å². The average Bonchev–Trinajstić information content (AvgIpc) is 3.61. The van der Waals surface area contributed by atoms with Crippen LogP contribution in [0.3, 0.4) is 0 Å². The molecule has 0 aliphatic carbocycles. The molecule has 1 aliphatic rings. The summed E-state index contributed by atoms with van der Waals surface area (Å²) in [5.74, 6) is 6.78. The van der Waals surface area contributed by atoms with Crippen LogP contribution in [-0.2, 0) is 50.2 Å². The van der Waals surface area contributed by atoms with Gasteiger partial charge in [-0.05, 0) is 81.1 Å². The third-order valence-corrected chi connectivity index (χ3v) is 10.3. The van der Waals surface area contributed by atoms with Gasteiger partial charge in [-0.15, -0.1) is 0 Å². The van der Waals surface area contributed by atoms with Gasteiger partial charge in [-0.1, -0.05) is 72.5 Å². The number of nitrogens with zero attached hydrogens (tertiary/aromatic N) is 4. The topological polar surface area (TPSA) is 174 Å². The van der Waals surface area contributed by atoms with Gasteiger partial charge in [-0.2, -0.15) is 0 Å². The van der Waals surface area contributed by atoms with Crippen molar-refractivity contribution < 1.29 is 38.5 Å². The number of aliphatic hydroxyl groups is 1. The van der Waals surface area contributed by atoms with E-state index < -0.39 is 17.7 Å². The van der Waals surface area contributed by atoms with E-state index in [1.807, 2.05) is 84.3 Å². The fraction of sp³-hybridized carbons (Fsp3) is 0.306.